The normalized spacial score (nSPS) is 10.2. The van der Waals surface area contributed by atoms with Crippen molar-refractivity contribution in [2.75, 3.05) is 5.32 Å². The molecule has 2 aromatic heterocycles. The number of carboxylic acids is 1. The van der Waals surface area contributed by atoms with Gasteiger partial charge < -0.3 is 15.4 Å². The van der Waals surface area contributed by atoms with E-state index in [4.69, 9.17) is 6.42 Å². The molecule has 102 valence electrons. The fourth-order valence-electron chi connectivity index (χ4n) is 2.05. The first-order valence-electron chi connectivity index (χ1n) is 6.08. The molecule has 0 saturated carbocycles. The number of carbonyl (C=O) groups is 1. The molecule has 0 saturated heterocycles. The fourth-order valence-corrected chi connectivity index (χ4v) is 2.05. The Morgan fingerprint density at radius 1 is 1.38 bits per heavy atom. The van der Waals surface area contributed by atoms with Crippen molar-refractivity contribution in [3.05, 3.63) is 47.9 Å². The first-order valence-corrected chi connectivity index (χ1v) is 6.08. The van der Waals surface area contributed by atoms with Crippen LogP contribution in [0.15, 0.2) is 36.8 Å². The molecule has 0 aliphatic heterocycles. The largest absolute Gasteiger partial charge is 0.478 e. The Hall–Kier alpha value is -3.33. The molecule has 0 atom stereocenters. The van der Waals surface area contributed by atoms with E-state index in [2.05, 4.69) is 26.2 Å². The van der Waals surface area contributed by atoms with Crippen molar-refractivity contribution >= 4 is 28.5 Å². The van der Waals surface area contributed by atoms with E-state index < -0.39 is 5.97 Å². The van der Waals surface area contributed by atoms with Gasteiger partial charge in [-0.3, -0.25) is 0 Å². The van der Waals surface area contributed by atoms with Crippen LogP contribution in [0.2, 0.25) is 0 Å². The third kappa shape index (κ3) is 2.28. The van der Waals surface area contributed by atoms with Gasteiger partial charge in [0, 0.05) is 17.4 Å². The lowest BCUT2D eigenvalue weighted by molar-refractivity contribution is 0.0699. The third-order valence-electron chi connectivity index (χ3n) is 2.99. The number of hydrogen-bond acceptors (Lipinski definition) is 4. The van der Waals surface area contributed by atoms with E-state index in [0.717, 1.165) is 11.3 Å². The van der Waals surface area contributed by atoms with Crippen molar-refractivity contribution in [1.29, 1.82) is 0 Å². The van der Waals surface area contributed by atoms with Crippen molar-refractivity contribution in [3.63, 3.8) is 0 Å². The summed E-state index contributed by atoms with van der Waals surface area (Å²) < 4.78 is 0. The van der Waals surface area contributed by atoms with Gasteiger partial charge in [0.05, 0.1) is 10.9 Å². The average molecular weight is 278 g/mol. The van der Waals surface area contributed by atoms with E-state index in [1.54, 1.807) is 12.1 Å². The predicted molar refractivity (Wildman–Crippen MR) is 78.5 cm³/mol. The zero-order valence-electron chi connectivity index (χ0n) is 10.8. The molecule has 0 spiro atoms. The van der Waals surface area contributed by atoms with Crippen LogP contribution in [0.1, 0.15) is 15.9 Å². The number of fused-ring (bicyclic) bond motifs is 1. The van der Waals surface area contributed by atoms with Crippen LogP contribution >= 0.6 is 0 Å². The topological polar surface area (TPSA) is 90.9 Å². The highest BCUT2D eigenvalue weighted by Crippen LogP contribution is 2.26. The number of aromatic nitrogens is 3. The maximum atomic E-state index is 11.3. The van der Waals surface area contributed by atoms with E-state index in [1.807, 2.05) is 12.1 Å². The molecule has 0 amide bonds. The van der Waals surface area contributed by atoms with Gasteiger partial charge in [0.1, 0.15) is 17.8 Å². The molecule has 2 heterocycles. The molecule has 21 heavy (non-hydrogen) atoms. The van der Waals surface area contributed by atoms with Crippen LogP contribution in [0.5, 0.6) is 0 Å². The zero-order valence-corrected chi connectivity index (χ0v) is 10.8. The minimum atomic E-state index is -1.04. The van der Waals surface area contributed by atoms with Gasteiger partial charge in [0.15, 0.2) is 0 Å². The second kappa shape index (κ2) is 4.98. The molecule has 0 aliphatic carbocycles. The Balaban J connectivity index is 2.10. The molecule has 1 aromatic carbocycles. The minimum Gasteiger partial charge on any atom is -0.478 e. The van der Waals surface area contributed by atoms with Gasteiger partial charge >= 0.3 is 5.97 Å². The van der Waals surface area contributed by atoms with Crippen molar-refractivity contribution < 1.29 is 9.90 Å². The summed E-state index contributed by atoms with van der Waals surface area (Å²) in [5.41, 5.74) is 2.01. The number of aromatic carboxylic acids is 1. The lowest BCUT2D eigenvalue weighted by Gasteiger charge is -2.07. The summed E-state index contributed by atoms with van der Waals surface area (Å²) >= 11 is 0. The van der Waals surface area contributed by atoms with Gasteiger partial charge in [-0.2, -0.15) is 0 Å². The van der Waals surface area contributed by atoms with E-state index in [9.17, 15) is 9.90 Å². The number of benzene rings is 1. The molecular formula is C15H10N4O2. The van der Waals surface area contributed by atoms with Crippen molar-refractivity contribution in [2.24, 2.45) is 0 Å². The highest BCUT2D eigenvalue weighted by atomic mass is 16.4. The number of hydrogen-bond donors (Lipinski definition) is 3. The number of H-pyrrole nitrogens is 1. The van der Waals surface area contributed by atoms with Crippen LogP contribution in [-0.2, 0) is 0 Å². The molecule has 3 N–H and O–H groups in total. The van der Waals surface area contributed by atoms with Gasteiger partial charge in [-0.05, 0) is 18.2 Å². The first-order chi connectivity index (χ1) is 10.2. The molecule has 0 fully saturated rings. The van der Waals surface area contributed by atoms with Crippen LogP contribution in [0.25, 0.3) is 11.0 Å². The minimum absolute atomic E-state index is 0.112. The van der Waals surface area contributed by atoms with Gasteiger partial charge in [0.2, 0.25) is 0 Å². The van der Waals surface area contributed by atoms with E-state index >= 15 is 0 Å². The van der Waals surface area contributed by atoms with E-state index in [-0.39, 0.29) is 5.56 Å². The zero-order chi connectivity index (χ0) is 14.8. The molecule has 0 radical (unpaired) electrons. The summed E-state index contributed by atoms with van der Waals surface area (Å²) in [4.78, 5) is 22.2. The highest BCUT2D eigenvalue weighted by Gasteiger charge is 2.16. The molecule has 6 heteroatoms. The summed E-state index contributed by atoms with van der Waals surface area (Å²) in [5.74, 6) is 1.91. The lowest BCUT2D eigenvalue weighted by Crippen LogP contribution is -2.00. The average Bonchev–Trinajstić information content (AvgIpc) is 2.93. The summed E-state index contributed by atoms with van der Waals surface area (Å²) in [7, 11) is 0. The van der Waals surface area contributed by atoms with Crippen LogP contribution in [0.3, 0.4) is 0 Å². The maximum absolute atomic E-state index is 11.3. The van der Waals surface area contributed by atoms with Crippen molar-refractivity contribution in [1.82, 2.24) is 15.0 Å². The van der Waals surface area contributed by atoms with Crippen LogP contribution in [-0.4, -0.2) is 26.0 Å². The second-order valence-electron chi connectivity index (χ2n) is 4.30. The number of carboxylic acid groups (broad SMARTS) is 1. The number of terminal acetylenes is 1. The summed E-state index contributed by atoms with van der Waals surface area (Å²) in [6, 6.07) is 7.22. The Labute approximate surface area is 119 Å². The quantitative estimate of drug-likeness (QED) is 0.640. The number of aromatic amines is 1. The first kappa shape index (κ1) is 12.7. The van der Waals surface area contributed by atoms with Gasteiger partial charge in [-0.1, -0.05) is 12.0 Å². The standard InChI is InChI=1S/C15H10N4O2/c1-2-9-4-3-5-10(6-9)19-14-12-11(15(20)21)7-16-13(12)17-8-18-14/h1,3-8H,(H,20,21)(H2,16,17,18,19). The summed E-state index contributed by atoms with van der Waals surface area (Å²) in [6.07, 6.45) is 8.12. The Kier molecular flexibility index (Phi) is 3.01. The molecule has 3 aromatic rings. The summed E-state index contributed by atoms with van der Waals surface area (Å²) in [6.45, 7) is 0. The van der Waals surface area contributed by atoms with Gasteiger partial charge in [-0.25, -0.2) is 14.8 Å². The lowest BCUT2D eigenvalue weighted by atomic mass is 10.2. The third-order valence-corrected chi connectivity index (χ3v) is 2.99. The molecule has 6 nitrogen and oxygen atoms in total. The Morgan fingerprint density at radius 3 is 3.00 bits per heavy atom. The van der Waals surface area contributed by atoms with E-state index in [0.29, 0.717) is 16.9 Å². The van der Waals surface area contributed by atoms with Crippen LogP contribution in [0, 0.1) is 12.3 Å². The number of nitrogens with one attached hydrogen (secondary N) is 2. The van der Waals surface area contributed by atoms with E-state index in [1.165, 1.54) is 12.5 Å². The van der Waals surface area contributed by atoms with Gasteiger partial charge in [-0.15, -0.1) is 6.42 Å². The number of anilines is 2. The van der Waals surface area contributed by atoms with Crippen molar-refractivity contribution in [2.45, 2.75) is 0 Å². The summed E-state index contributed by atoms with van der Waals surface area (Å²) in [5, 5.41) is 12.7. The monoisotopic (exact) mass is 278 g/mol. The SMILES string of the molecule is C#Cc1cccc(Nc2ncnc3[nH]cc(C(=O)O)c23)c1. The van der Waals surface area contributed by atoms with Crippen molar-refractivity contribution in [3.8, 4) is 12.3 Å². The van der Waals surface area contributed by atoms with Crippen LogP contribution in [0.4, 0.5) is 11.5 Å². The molecule has 0 bridgehead atoms. The number of rotatable bonds is 3. The highest BCUT2D eigenvalue weighted by molar-refractivity contribution is 6.07. The Morgan fingerprint density at radius 2 is 2.24 bits per heavy atom. The fraction of sp³-hybridized carbons (Fsp3) is 0. The maximum Gasteiger partial charge on any atom is 0.338 e. The molecular weight excluding hydrogens is 268 g/mol. The smallest absolute Gasteiger partial charge is 0.338 e. The van der Waals surface area contributed by atoms with Gasteiger partial charge in [0.25, 0.3) is 0 Å². The predicted octanol–water partition coefficient (Wildman–Crippen LogP) is 2.38. The molecule has 0 unspecified atom stereocenters. The number of nitrogens with zero attached hydrogens (tertiary/aromatic N) is 2. The Bertz CT molecular complexity index is 877. The second-order valence-corrected chi connectivity index (χ2v) is 4.30. The molecule has 0 aliphatic rings. The van der Waals surface area contributed by atoms with Crippen LogP contribution < -0.4 is 5.32 Å². The molecule has 3 rings (SSSR count).